The van der Waals surface area contributed by atoms with Crippen molar-refractivity contribution in [2.24, 2.45) is 0 Å². The van der Waals surface area contributed by atoms with E-state index in [1.807, 2.05) is 24.3 Å². The third-order valence-corrected chi connectivity index (χ3v) is 5.49. The number of hydrogen-bond acceptors (Lipinski definition) is 8. The molecule has 1 aromatic carbocycles. The van der Waals surface area contributed by atoms with Gasteiger partial charge in [0.15, 0.2) is 5.94 Å². The van der Waals surface area contributed by atoms with E-state index in [0.717, 1.165) is 11.4 Å². The largest absolute Gasteiger partial charge is 0.480 e. The van der Waals surface area contributed by atoms with Crippen LogP contribution >= 0.6 is 22.9 Å². The summed E-state index contributed by atoms with van der Waals surface area (Å²) in [6.45, 7) is 0.990. The van der Waals surface area contributed by atoms with Crippen LogP contribution in [0.15, 0.2) is 42.3 Å². The number of carbonyl (C=O) groups excluding carboxylic acids is 2. The highest BCUT2D eigenvalue weighted by atomic mass is 35.5. The molecule has 1 aliphatic rings. The Morgan fingerprint density at radius 2 is 2.06 bits per heavy atom. The Balaban J connectivity index is 1.50. The summed E-state index contributed by atoms with van der Waals surface area (Å²) in [7, 11) is 0. The number of nitrogens with one attached hydrogen (secondary N) is 2. The number of hydrogen-bond donors (Lipinski definition) is 3. The van der Waals surface area contributed by atoms with Gasteiger partial charge in [-0.25, -0.2) is 9.59 Å². The van der Waals surface area contributed by atoms with E-state index >= 15 is 0 Å². The predicted molar refractivity (Wildman–Crippen MR) is 116 cm³/mol. The molecule has 9 nitrogen and oxygen atoms in total. The number of thiophene rings is 1. The number of aliphatic carboxylic acids is 1. The summed E-state index contributed by atoms with van der Waals surface area (Å²) in [5.41, 5.74) is 1.56. The van der Waals surface area contributed by atoms with E-state index in [0.29, 0.717) is 22.3 Å². The second-order valence-corrected chi connectivity index (χ2v) is 8.21. The molecule has 1 atom stereocenters. The molecule has 1 fully saturated rings. The second kappa shape index (κ2) is 10.8. The molecule has 3 N–H and O–H groups in total. The third-order valence-electron chi connectivity index (χ3n) is 4.26. The van der Waals surface area contributed by atoms with Crippen LogP contribution < -0.4 is 15.5 Å². The van der Waals surface area contributed by atoms with Crippen LogP contribution in [0.4, 0.5) is 11.4 Å². The lowest BCUT2D eigenvalue weighted by Gasteiger charge is -2.16. The average Bonchev–Trinajstić information content (AvgIpc) is 3.38. The number of halogens is 1. The number of rotatable bonds is 10. The van der Waals surface area contributed by atoms with Crippen molar-refractivity contribution in [2.45, 2.75) is 6.10 Å². The van der Waals surface area contributed by atoms with Crippen molar-refractivity contribution in [3.05, 3.63) is 51.5 Å². The lowest BCUT2D eigenvalue weighted by Crippen LogP contribution is -2.34. The van der Waals surface area contributed by atoms with E-state index in [-0.39, 0.29) is 31.5 Å². The molecule has 0 unspecified atom stereocenters. The van der Waals surface area contributed by atoms with Crippen molar-refractivity contribution < 1.29 is 29.0 Å². The van der Waals surface area contributed by atoms with Gasteiger partial charge in [-0.1, -0.05) is 11.6 Å². The average molecular weight is 466 g/mol. The van der Waals surface area contributed by atoms with Gasteiger partial charge in [-0.2, -0.15) is 0 Å². The summed E-state index contributed by atoms with van der Waals surface area (Å²) in [5, 5.41) is 14.4. The fourth-order valence-corrected chi connectivity index (χ4v) is 3.83. The summed E-state index contributed by atoms with van der Waals surface area (Å²) >= 11 is 7.04. The van der Waals surface area contributed by atoms with Crippen molar-refractivity contribution in [3.8, 4) is 0 Å². The quantitative estimate of drug-likeness (QED) is 0.361. The van der Waals surface area contributed by atoms with Crippen LogP contribution in [0.1, 0.15) is 9.67 Å². The minimum Gasteiger partial charge on any atom is -0.480 e. The number of carbonyl (C=O) groups is 2. The van der Waals surface area contributed by atoms with Crippen LogP contribution in [0.5, 0.6) is 0 Å². The summed E-state index contributed by atoms with van der Waals surface area (Å²) in [5.74, 6) is 0.595. The van der Waals surface area contributed by atoms with Gasteiger partial charge < -0.3 is 25.2 Å². The van der Waals surface area contributed by atoms with Gasteiger partial charge in [0.2, 0.25) is 0 Å². The molecule has 1 aliphatic heterocycles. The highest BCUT2D eigenvalue weighted by molar-refractivity contribution is 7.17. The Morgan fingerprint density at radius 1 is 1.29 bits per heavy atom. The van der Waals surface area contributed by atoms with Crippen LogP contribution in [0.2, 0.25) is 4.34 Å². The number of nitrogens with zero attached hydrogens (tertiary/aromatic N) is 1. The van der Waals surface area contributed by atoms with Crippen molar-refractivity contribution in [1.29, 1.82) is 0 Å². The zero-order chi connectivity index (χ0) is 22.2. The van der Waals surface area contributed by atoms with Gasteiger partial charge >= 0.3 is 5.97 Å². The number of ether oxygens (including phenoxy) is 2. The molecule has 2 aromatic rings. The monoisotopic (exact) mass is 465 g/mol. The molecule has 164 valence electrons. The standard InChI is InChI=1S/C20H20ClN3O6S/c21-17-6-5-16(31-17)20(28)23-9-15-10-24(18(11-25)30-15)14-3-1-13(2-4-14)22-7-8-29-12-19(26)27/h1-6,15,22H,7-10,12H2,(H,23,28)(H,26,27)/t15-/m0/s1. The first-order valence-electron chi connectivity index (χ1n) is 9.32. The molecule has 31 heavy (non-hydrogen) atoms. The van der Waals surface area contributed by atoms with Crippen molar-refractivity contribution in [3.63, 3.8) is 0 Å². The first-order valence-corrected chi connectivity index (χ1v) is 10.5. The Morgan fingerprint density at radius 3 is 2.71 bits per heavy atom. The van der Waals surface area contributed by atoms with Gasteiger partial charge in [-0.05, 0) is 36.4 Å². The van der Waals surface area contributed by atoms with Crippen LogP contribution in [-0.4, -0.2) is 61.9 Å². The van der Waals surface area contributed by atoms with Crippen LogP contribution in [0.25, 0.3) is 0 Å². The summed E-state index contributed by atoms with van der Waals surface area (Å²) in [4.78, 5) is 36.1. The number of amides is 1. The number of anilines is 2. The molecule has 1 amide bonds. The Labute approximate surface area is 187 Å². The Kier molecular flexibility index (Phi) is 7.91. The summed E-state index contributed by atoms with van der Waals surface area (Å²) in [6, 6.07) is 10.6. The summed E-state index contributed by atoms with van der Waals surface area (Å²) < 4.78 is 11.1. The van der Waals surface area contributed by atoms with Gasteiger partial charge in [0.05, 0.1) is 28.9 Å². The fraction of sp³-hybridized carbons (Fsp3) is 0.300. The lowest BCUT2D eigenvalue weighted by molar-refractivity contribution is -0.142. The van der Waals surface area contributed by atoms with Crippen LogP contribution in [0, 0.1) is 0 Å². The van der Waals surface area contributed by atoms with Crippen molar-refractivity contribution >= 4 is 52.1 Å². The molecule has 0 radical (unpaired) electrons. The van der Waals surface area contributed by atoms with E-state index in [4.69, 9.17) is 26.2 Å². The molecular weight excluding hydrogens is 446 g/mol. The molecule has 1 saturated heterocycles. The van der Waals surface area contributed by atoms with E-state index in [2.05, 4.69) is 10.6 Å². The molecule has 2 heterocycles. The predicted octanol–water partition coefficient (Wildman–Crippen LogP) is 2.22. The third kappa shape index (κ3) is 6.47. The number of carboxylic acid groups (broad SMARTS) is 1. The zero-order valence-electron chi connectivity index (χ0n) is 16.3. The smallest absolute Gasteiger partial charge is 0.329 e. The van der Waals surface area contributed by atoms with Gasteiger partial charge in [0.25, 0.3) is 11.8 Å². The lowest BCUT2D eigenvalue weighted by atomic mass is 10.2. The van der Waals surface area contributed by atoms with Gasteiger partial charge in [-0.3, -0.25) is 9.69 Å². The van der Waals surface area contributed by atoms with Gasteiger partial charge in [0, 0.05) is 17.9 Å². The van der Waals surface area contributed by atoms with Crippen LogP contribution in [-0.2, 0) is 19.1 Å². The van der Waals surface area contributed by atoms with E-state index in [9.17, 15) is 14.4 Å². The van der Waals surface area contributed by atoms with E-state index in [1.165, 1.54) is 11.3 Å². The summed E-state index contributed by atoms with van der Waals surface area (Å²) in [6.07, 6.45) is -0.403. The molecule has 0 aliphatic carbocycles. The number of carboxylic acids is 1. The van der Waals surface area contributed by atoms with Crippen molar-refractivity contribution in [2.75, 3.05) is 43.1 Å². The molecule has 0 spiro atoms. The molecular formula is C20H20ClN3O6S. The minimum absolute atomic E-state index is 0.0567. The molecule has 11 heteroatoms. The zero-order valence-corrected chi connectivity index (χ0v) is 17.9. The maximum absolute atomic E-state index is 12.2. The highest BCUT2D eigenvalue weighted by Gasteiger charge is 2.30. The molecule has 1 aromatic heterocycles. The highest BCUT2D eigenvalue weighted by Crippen LogP contribution is 2.27. The SMILES string of the molecule is O=C=C1O[C@@H](CNC(=O)c2ccc(Cl)s2)CN1c1ccc(NCCOCC(=O)O)cc1. The maximum atomic E-state index is 12.2. The molecule has 0 saturated carbocycles. The normalized spacial score (nSPS) is 15.3. The topological polar surface area (TPSA) is 117 Å². The molecule has 3 rings (SSSR count). The van der Waals surface area contributed by atoms with Crippen LogP contribution in [0.3, 0.4) is 0 Å². The second-order valence-electron chi connectivity index (χ2n) is 6.49. The van der Waals surface area contributed by atoms with Gasteiger partial charge in [0.1, 0.15) is 12.7 Å². The van der Waals surface area contributed by atoms with E-state index in [1.54, 1.807) is 23.0 Å². The number of benzene rings is 1. The van der Waals surface area contributed by atoms with Gasteiger partial charge in [-0.15, -0.1) is 11.3 Å². The first kappa shape index (κ1) is 22.6. The fourth-order valence-electron chi connectivity index (χ4n) is 2.87. The minimum atomic E-state index is -1.01. The Hall–Kier alpha value is -3.04. The van der Waals surface area contributed by atoms with E-state index < -0.39 is 12.1 Å². The first-order chi connectivity index (χ1) is 15.0. The van der Waals surface area contributed by atoms with Crippen molar-refractivity contribution in [1.82, 2.24) is 5.32 Å². The maximum Gasteiger partial charge on any atom is 0.329 e. The molecule has 0 bridgehead atoms. The Bertz CT molecular complexity index is 974.